The van der Waals surface area contributed by atoms with Gasteiger partial charge in [0.1, 0.15) is 0 Å². The van der Waals surface area contributed by atoms with Crippen molar-refractivity contribution in [1.29, 1.82) is 0 Å². The standard InChI is InChI=1S/C8H11NO3S/c1-3-4-5-6(10)9-7(13-2)8(11)12/h3-5,7H,1H2,2H3,(H,9,10)(H,11,12). The Morgan fingerprint density at radius 1 is 1.62 bits per heavy atom. The van der Waals surface area contributed by atoms with E-state index >= 15 is 0 Å². The molecule has 0 spiro atoms. The van der Waals surface area contributed by atoms with Gasteiger partial charge < -0.3 is 10.4 Å². The first kappa shape index (κ1) is 11.8. The van der Waals surface area contributed by atoms with Crippen molar-refractivity contribution in [2.45, 2.75) is 5.37 Å². The quantitative estimate of drug-likeness (QED) is 0.389. The molecule has 0 aliphatic rings. The number of hydrogen-bond donors (Lipinski definition) is 2. The fraction of sp³-hybridized carbons (Fsp3) is 0.250. The van der Waals surface area contributed by atoms with Crippen LogP contribution in [-0.4, -0.2) is 28.6 Å². The van der Waals surface area contributed by atoms with Crippen LogP contribution in [0.5, 0.6) is 0 Å². The van der Waals surface area contributed by atoms with Crippen molar-refractivity contribution in [3.8, 4) is 0 Å². The van der Waals surface area contributed by atoms with Crippen LogP contribution in [0.3, 0.4) is 0 Å². The molecule has 4 nitrogen and oxygen atoms in total. The van der Waals surface area contributed by atoms with Crippen molar-refractivity contribution in [3.63, 3.8) is 0 Å². The third-order valence-corrected chi connectivity index (χ3v) is 1.91. The van der Waals surface area contributed by atoms with E-state index in [4.69, 9.17) is 5.11 Å². The normalized spacial score (nSPS) is 12.4. The number of nitrogens with one attached hydrogen (secondary N) is 1. The smallest absolute Gasteiger partial charge is 0.336 e. The third kappa shape index (κ3) is 5.08. The van der Waals surface area contributed by atoms with Gasteiger partial charge in [-0.05, 0) is 6.26 Å². The minimum absolute atomic E-state index is 0.443. The second kappa shape index (κ2) is 6.30. The average molecular weight is 201 g/mol. The molecule has 0 aliphatic carbocycles. The summed E-state index contributed by atoms with van der Waals surface area (Å²) in [6.45, 7) is 3.38. The van der Waals surface area contributed by atoms with Crippen molar-refractivity contribution in [3.05, 3.63) is 24.8 Å². The van der Waals surface area contributed by atoms with Gasteiger partial charge in [0.25, 0.3) is 0 Å². The van der Waals surface area contributed by atoms with Gasteiger partial charge in [0, 0.05) is 6.08 Å². The molecule has 1 amide bonds. The van der Waals surface area contributed by atoms with Gasteiger partial charge in [-0.2, -0.15) is 0 Å². The van der Waals surface area contributed by atoms with Crippen molar-refractivity contribution in [2.24, 2.45) is 0 Å². The van der Waals surface area contributed by atoms with Gasteiger partial charge in [-0.25, -0.2) is 4.79 Å². The van der Waals surface area contributed by atoms with Crippen LogP contribution < -0.4 is 5.32 Å². The lowest BCUT2D eigenvalue weighted by molar-refractivity contribution is -0.138. The number of carbonyl (C=O) groups is 2. The molecule has 1 unspecified atom stereocenters. The highest BCUT2D eigenvalue weighted by Crippen LogP contribution is 2.02. The van der Waals surface area contributed by atoms with Crippen LogP contribution in [0.1, 0.15) is 0 Å². The maximum absolute atomic E-state index is 11.0. The SMILES string of the molecule is C=CC=CC(=O)NC(SC)C(=O)O. The van der Waals surface area contributed by atoms with E-state index in [0.29, 0.717) is 0 Å². The summed E-state index contributed by atoms with van der Waals surface area (Å²) in [4.78, 5) is 21.4. The van der Waals surface area contributed by atoms with Gasteiger partial charge in [-0.1, -0.05) is 18.7 Å². The molecule has 5 heteroatoms. The van der Waals surface area contributed by atoms with E-state index in [1.165, 1.54) is 18.2 Å². The molecule has 0 saturated carbocycles. The maximum Gasteiger partial charge on any atom is 0.336 e. The summed E-state index contributed by atoms with van der Waals surface area (Å²) in [5.74, 6) is -1.51. The van der Waals surface area contributed by atoms with E-state index in [1.807, 2.05) is 0 Å². The molecular weight excluding hydrogens is 190 g/mol. The lowest BCUT2D eigenvalue weighted by atomic mass is 10.4. The molecule has 0 aromatic carbocycles. The van der Waals surface area contributed by atoms with Crippen LogP contribution in [0, 0.1) is 0 Å². The Hall–Kier alpha value is -1.23. The highest BCUT2D eigenvalue weighted by Gasteiger charge is 2.16. The number of allylic oxidation sites excluding steroid dienone is 2. The van der Waals surface area contributed by atoms with Gasteiger partial charge in [-0.15, -0.1) is 11.8 Å². The first-order valence-corrected chi connectivity index (χ1v) is 4.75. The van der Waals surface area contributed by atoms with Crippen molar-refractivity contribution in [1.82, 2.24) is 5.32 Å². The van der Waals surface area contributed by atoms with Crippen LogP contribution in [0.2, 0.25) is 0 Å². The lowest BCUT2D eigenvalue weighted by Gasteiger charge is -2.08. The molecule has 0 aromatic heterocycles. The molecule has 0 heterocycles. The summed E-state index contributed by atoms with van der Waals surface area (Å²) < 4.78 is 0. The Balaban J connectivity index is 4.08. The molecule has 0 rings (SSSR count). The highest BCUT2D eigenvalue weighted by molar-refractivity contribution is 7.99. The maximum atomic E-state index is 11.0. The largest absolute Gasteiger partial charge is 0.479 e. The van der Waals surface area contributed by atoms with Gasteiger partial charge in [0.15, 0.2) is 5.37 Å². The fourth-order valence-corrected chi connectivity index (χ4v) is 0.990. The minimum atomic E-state index is -1.06. The predicted octanol–water partition coefficient (Wildman–Crippen LogP) is 0.618. The van der Waals surface area contributed by atoms with Crippen LogP contribution in [0.25, 0.3) is 0 Å². The molecule has 0 aliphatic heterocycles. The summed E-state index contributed by atoms with van der Waals surface area (Å²) in [5.41, 5.74) is 0. The number of amides is 1. The summed E-state index contributed by atoms with van der Waals surface area (Å²) in [7, 11) is 0. The highest BCUT2D eigenvalue weighted by atomic mass is 32.2. The number of aliphatic carboxylic acids is 1. The summed E-state index contributed by atoms with van der Waals surface area (Å²) >= 11 is 1.05. The number of carbonyl (C=O) groups excluding carboxylic acids is 1. The zero-order chi connectivity index (χ0) is 10.3. The topological polar surface area (TPSA) is 66.4 Å². The predicted molar refractivity (Wildman–Crippen MR) is 52.4 cm³/mol. The minimum Gasteiger partial charge on any atom is -0.479 e. The molecule has 0 aromatic rings. The molecular formula is C8H11NO3S. The van der Waals surface area contributed by atoms with Crippen molar-refractivity contribution < 1.29 is 14.7 Å². The molecule has 0 saturated heterocycles. The van der Waals surface area contributed by atoms with E-state index in [-0.39, 0.29) is 0 Å². The number of hydrogen-bond acceptors (Lipinski definition) is 3. The second-order valence-electron chi connectivity index (χ2n) is 2.06. The zero-order valence-corrected chi connectivity index (χ0v) is 8.00. The van der Waals surface area contributed by atoms with E-state index in [9.17, 15) is 9.59 Å². The van der Waals surface area contributed by atoms with E-state index < -0.39 is 17.3 Å². The molecule has 0 radical (unpaired) electrons. The lowest BCUT2D eigenvalue weighted by Crippen LogP contribution is -2.37. The molecule has 1 atom stereocenters. The Kier molecular flexibility index (Phi) is 5.71. The van der Waals surface area contributed by atoms with Gasteiger partial charge in [-0.3, -0.25) is 4.79 Å². The number of rotatable bonds is 5. The average Bonchev–Trinajstić information content (AvgIpc) is 2.10. The second-order valence-corrected chi connectivity index (χ2v) is 3.00. The molecule has 72 valence electrons. The van der Waals surface area contributed by atoms with Crippen LogP contribution in [0.15, 0.2) is 24.8 Å². The van der Waals surface area contributed by atoms with E-state index in [0.717, 1.165) is 11.8 Å². The summed E-state index contributed by atoms with van der Waals surface area (Å²) in [5, 5.41) is 9.96. The number of thioether (sulfide) groups is 1. The number of carboxylic acid groups (broad SMARTS) is 1. The van der Waals surface area contributed by atoms with Crippen molar-refractivity contribution in [2.75, 3.05) is 6.26 Å². The Morgan fingerprint density at radius 2 is 2.23 bits per heavy atom. The monoisotopic (exact) mass is 201 g/mol. The first-order chi connectivity index (χ1) is 6.11. The summed E-state index contributed by atoms with van der Waals surface area (Å²) in [6, 6.07) is 0. The fourth-order valence-electron chi connectivity index (χ4n) is 0.554. The zero-order valence-electron chi connectivity index (χ0n) is 7.19. The van der Waals surface area contributed by atoms with Gasteiger partial charge in [0.05, 0.1) is 0 Å². The number of carboxylic acids is 1. The van der Waals surface area contributed by atoms with Crippen molar-refractivity contribution >= 4 is 23.6 Å². The van der Waals surface area contributed by atoms with Gasteiger partial charge >= 0.3 is 5.97 Å². The first-order valence-electron chi connectivity index (χ1n) is 3.47. The van der Waals surface area contributed by atoms with Crippen LogP contribution in [-0.2, 0) is 9.59 Å². The van der Waals surface area contributed by atoms with Crippen LogP contribution in [0.4, 0.5) is 0 Å². The Morgan fingerprint density at radius 3 is 2.62 bits per heavy atom. The summed E-state index contributed by atoms with van der Waals surface area (Å²) in [6.07, 6.45) is 5.71. The van der Waals surface area contributed by atoms with Crippen LogP contribution >= 0.6 is 11.8 Å². The Bertz CT molecular complexity index is 238. The molecule has 13 heavy (non-hydrogen) atoms. The van der Waals surface area contributed by atoms with E-state index in [1.54, 1.807) is 6.26 Å². The molecule has 0 bridgehead atoms. The third-order valence-electron chi connectivity index (χ3n) is 1.12. The Labute approximate surface area is 80.7 Å². The van der Waals surface area contributed by atoms with Gasteiger partial charge in [0.2, 0.25) is 5.91 Å². The molecule has 0 fully saturated rings. The molecule has 2 N–H and O–H groups in total. The van der Waals surface area contributed by atoms with E-state index in [2.05, 4.69) is 11.9 Å².